The van der Waals surface area contributed by atoms with Crippen LogP contribution < -0.4 is 0 Å². The predicted octanol–water partition coefficient (Wildman–Crippen LogP) is 4.41. The monoisotopic (exact) mass is 350 g/mol. The van der Waals surface area contributed by atoms with E-state index in [1.54, 1.807) is 12.1 Å². The van der Waals surface area contributed by atoms with E-state index in [0.717, 1.165) is 42.2 Å². The summed E-state index contributed by atoms with van der Waals surface area (Å²) in [6.07, 6.45) is 3.90. The summed E-state index contributed by atoms with van der Waals surface area (Å²) in [5.41, 5.74) is 3.05. The first kappa shape index (κ1) is 17.8. The summed E-state index contributed by atoms with van der Waals surface area (Å²) in [7, 11) is 0. The summed E-state index contributed by atoms with van der Waals surface area (Å²) in [5.74, 6) is 0.872. The molecule has 134 valence electrons. The van der Waals surface area contributed by atoms with Gasteiger partial charge in [0.1, 0.15) is 5.82 Å². The van der Waals surface area contributed by atoms with Crippen LogP contribution in [0.4, 0.5) is 5.69 Å². The molecule has 0 saturated carbocycles. The van der Waals surface area contributed by atoms with Gasteiger partial charge in [0.15, 0.2) is 0 Å². The highest BCUT2D eigenvalue weighted by atomic mass is 16.6. The van der Waals surface area contributed by atoms with Crippen molar-refractivity contribution in [2.75, 3.05) is 13.1 Å². The molecule has 0 aliphatic heterocycles. The molecule has 0 fully saturated rings. The van der Waals surface area contributed by atoms with E-state index in [1.165, 1.54) is 12.1 Å². The van der Waals surface area contributed by atoms with Gasteiger partial charge in [0.2, 0.25) is 0 Å². The third-order valence-electron chi connectivity index (χ3n) is 4.45. The lowest BCUT2D eigenvalue weighted by atomic mass is 10.2. The number of imidazole rings is 1. The summed E-state index contributed by atoms with van der Waals surface area (Å²) in [5, 5.41) is 10.8. The number of benzene rings is 2. The van der Waals surface area contributed by atoms with Crippen LogP contribution in [0, 0.1) is 10.1 Å². The van der Waals surface area contributed by atoms with Crippen molar-refractivity contribution >= 4 is 28.9 Å². The second-order valence-corrected chi connectivity index (χ2v) is 6.01. The highest BCUT2D eigenvalue weighted by molar-refractivity contribution is 5.79. The van der Waals surface area contributed by atoms with E-state index in [0.29, 0.717) is 0 Å². The van der Waals surface area contributed by atoms with Crippen molar-refractivity contribution in [3.8, 4) is 0 Å². The van der Waals surface area contributed by atoms with Gasteiger partial charge in [0.05, 0.1) is 22.6 Å². The number of rotatable bonds is 7. The summed E-state index contributed by atoms with van der Waals surface area (Å²) in [4.78, 5) is 17.4. The van der Waals surface area contributed by atoms with Crippen molar-refractivity contribution in [3.05, 3.63) is 70.0 Å². The molecule has 0 aliphatic rings. The van der Waals surface area contributed by atoms with E-state index < -0.39 is 4.92 Å². The molecule has 0 bridgehead atoms. The van der Waals surface area contributed by atoms with Crippen LogP contribution in [0.1, 0.15) is 25.2 Å². The molecule has 26 heavy (non-hydrogen) atoms. The summed E-state index contributed by atoms with van der Waals surface area (Å²) in [6.45, 7) is 7.00. The molecule has 3 aromatic rings. The van der Waals surface area contributed by atoms with E-state index in [1.807, 2.05) is 30.4 Å². The molecule has 1 heterocycles. The first-order valence-electron chi connectivity index (χ1n) is 8.72. The van der Waals surface area contributed by atoms with Crippen molar-refractivity contribution in [2.24, 2.45) is 0 Å². The minimum atomic E-state index is -0.392. The van der Waals surface area contributed by atoms with E-state index >= 15 is 0 Å². The normalized spacial score (nSPS) is 11.7. The van der Waals surface area contributed by atoms with Crippen LogP contribution in [0.25, 0.3) is 23.2 Å². The maximum atomic E-state index is 10.8. The zero-order valence-electron chi connectivity index (χ0n) is 15.0. The lowest BCUT2D eigenvalue weighted by Gasteiger charge is -2.20. The Hall–Kier alpha value is -2.99. The Morgan fingerprint density at radius 3 is 2.42 bits per heavy atom. The largest absolute Gasteiger partial charge is 0.311 e. The van der Waals surface area contributed by atoms with Crippen molar-refractivity contribution in [2.45, 2.75) is 20.5 Å². The molecule has 6 nitrogen and oxygen atoms in total. The van der Waals surface area contributed by atoms with Gasteiger partial charge in [-0.1, -0.05) is 32.1 Å². The van der Waals surface area contributed by atoms with Crippen LogP contribution in [-0.4, -0.2) is 32.5 Å². The fraction of sp³-hybridized carbons (Fsp3) is 0.250. The van der Waals surface area contributed by atoms with Crippen LogP contribution in [0.5, 0.6) is 0 Å². The Labute approximate surface area is 152 Å². The van der Waals surface area contributed by atoms with Crippen LogP contribution in [0.3, 0.4) is 0 Å². The minimum Gasteiger partial charge on any atom is -0.311 e. The maximum absolute atomic E-state index is 10.8. The second kappa shape index (κ2) is 7.93. The van der Waals surface area contributed by atoms with Gasteiger partial charge >= 0.3 is 0 Å². The molecule has 1 aromatic heterocycles. The molecule has 0 aliphatic carbocycles. The fourth-order valence-corrected chi connectivity index (χ4v) is 2.87. The number of aromatic nitrogens is 2. The average Bonchev–Trinajstić information content (AvgIpc) is 3.02. The van der Waals surface area contributed by atoms with Crippen molar-refractivity contribution in [1.29, 1.82) is 0 Å². The Morgan fingerprint density at radius 1 is 1.08 bits per heavy atom. The van der Waals surface area contributed by atoms with E-state index in [9.17, 15) is 10.1 Å². The Kier molecular flexibility index (Phi) is 5.43. The first-order valence-corrected chi connectivity index (χ1v) is 8.72. The Bertz CT molecular complexity index is 925. The van der Waals surface area contributed by atoms with Crippen LogP contribution in [0.2, 0.25) is 0 Å². The number of nitro groups is 1. The molecule has 0 atom stereocenters. The number of non-ortho nitro benzene ring substituents is 1. The van der Waals surface area contributed by atoms with Gasteiger partial charge in [-0.15, -0.1) is 0 Å². The van der Waals surface area contributed by atoms with Crippen LogP contribution in [-0.2, 0) is 6.67 Å². The van der Waals surface area contributed by atoms with Gasteiger partial charge in [0, 0.05) is 12.1 Å². The number of fused-ring (bicyclic) bond motifs is 1. The van der Waals surface area contributed by atoms with Gasteiger partial charge in [-0.05, 0) is 49.0 Å². The van der Waals surface area contributed by atoms with Gasteiger partial charge in [-0.2, -0.15) is 0 Å². The zero-order valence-corrected chi connectivity index (χ0v) is 15.0. The van der Waals surface area contributed by atoms with Gasteiger partial charge in [0.25, 0.3) is 5.69 Å². The number of hydrogen-bond donors (Lipinski definition) is 0. The SMILES string of the molecule is CCN(CC)Cn1c(/C=C/c2ccc([N+](=O)[O-])cc2)nc2ccccc21. The van der Waals surface area contributed by atoms with Crippen molar-refractivity contribution in [1.82, 2.24) is 14.5 Å². The number of para-hydroxylation sites is 2. The highest BCUT2D eigenvalue weighted by Gasteiger charge is 2.10. The quantitative estimate of drug-likeness (QED) is 0.467. The van der Waals surface area contributed by atoms with Crippen molar-refractivity contribution < 1.29 is 4.92 Å². The van der Waals surface area contributed by atoms with Crippen molar-refractivity contribution in [3.63, 3.8) is 0 Å². The lowest BCUT2D eigenvalue weighted by Crippen LogP contribution is -2.26. The minimum absolute atomic E-state index is 0.0934. The molecular weight excluding hydrogens is 328 g/mol. The standard InChI is InChI=1S/C20H22N4O2/c1-3-22(4-2)15-23-19-8-6-5-7-18(19)21-20(23)14-11-16-9-12-17(13-10-16)24(25)26/h5-14H,3-4,15H2,1-2H3/b14-11+. The lowest BCUT2D eigenvalue weighted by molar-refractivity contribution is -0.384. The second-order valence-electron chi connectivity index (χ2n) is 6.01. The van der Waals surface area contributed by atoms with Gasteiger partial charge < -0.3 is 4.57 Å². The average molecular weight is 350 g/mol. The molecule has 2 aromatic carbocycles. The molecule has 6 heteroatoms. The maximum Gasteiger partial charge on any atom is 0.269 e. The molecule has 0 amide bonds. The molecular formula is C20H22N4O2. The third-order valence-corrected chi connectivity index (χ3v) is 4.45. The highest BCUT2D eigenvalue weighted by Crippen LogP contribution is 2.19. The van der Waals surface area contributed by atoms with Crippen LogP contribution >= 0.6 is 0 Å². The molecule has 0 unspecified atom stereocenters. The smallest absolute Gasteiger partial charge is 0.269 e. The molecule has 0 spiro atoms. The zero-order chi connectivity index (χ0) is 18.5. The van der Waals surface area contributed by atoms with Gasteiger partial charge in [-0.3, -0.25) is 15.0 Å². The summed E-state index contributed by atoms with van der Waals surface area (Å²) >= 11 is 0. The molecule has 3 rings (SSSR count). The van der Waals surface area contributed by atoms with Gasteiger partial charge in [-0.25, -0.2) is 4.98 Å². The Balaban J connectivity index is 1.94. The Morgan fingerprint density at radius 2 is 1.77 bits per heavy atom. The molecule has 0 saturated heterocycles. The topological polar surface area (TPSA) is 64.2 Å². The van der Waals surface area contributed by atoms with Crippen LogP contribution in [0.15, 0.2) is 48.5 Å². The fourth-order valence-electron chi connectivity index (χ4n) is 2.87. The van der Waals surface area contributed by atoms with E-state index in [4.69, 9.17) is 4.98 Å². The molecule has 0 N–H and O–H groups in total. The number of nitrogens with zero attached hydrogens (tertiary/aromatic N) is 4. The summed E-state index contributed by atoms with van der Waals surface area (Å²) < 4.78 is 2.20. The number of nitro benzene ring substituents is 1. The predicted molar refractivity (Wildman–Crippen MR) is 105 cm³/mol. The summed E-state index contributed by atoms with van der Waals surface area (Å²) in [6, 6.07) is 14.6. The number of hydrogen-bond acceptors (Lipinski definition) is 4. The van der Waals surface area contributed by atoms with E-state index in [-0.39, 0.29) is 5.69 Å². The molecule has 0 radical (unpaired) electrons. The third kappa shape index (κ3) is 3.81. The first-order chi connectivity index (χ1) is 12.6. The van der Waals surface area contributed by atoms with E-state index in [2.05, 4.69) is 29.4 Å².